The molecule has 23 heavy (non-hydrogen) atoms. The van der Waals surface area contributed by atoms with Gasteiger partial charge in [-0.2, -0.15) is 0 Å². The van der Waals surface area contributed by atoms with Crippen molar-refractivity contribution in [2.75, 3.05) is 0 Å². The van der Waals surface area contributed by atoms with Gasteiger partial charge in [-0.15, -0.1) is 0 Å². The van der Waals surface area contributed by atoms with Crippen LogP contribution in [0, 0.1) is 0 Å². The zero-order valence-electron chi connectivity index (χ0n) is 12.1. The fraction of sp³-hybridized carbons (Fsp3) is 0.105. The molecule has 112 valence electrons. The molecule has 1 aliphatic carbocycles. The lowest BCUT2D eigenvalue weighted by atomic mass is 10.00. The highest BCUT2D eigenvalue weighted by atomic mass is 35.5. The fourth-order valence-electron chi connectivity index (χ4n) is 3.51. The molecule has 0 saturated heterocycles. The van der Waals surface area contributed by atoms with Crippen LogP contribution in [-0.4, -0.2) is 4.98 Å². The topological polar surface area (TPSA) is 26.0 Å². The van der Waals surface area contributed by atoms with Gasteiger partial charge in [0.25, 0.3) is 0 Å². The maximum Gasteiger partial charge on any atom is 0.228 e. The van der Waals surface area contributed by atoms with Crippen LogP contribution in [0.5, 0.6) is 0 Å². The molecule has 3 aromatic carbocycles. The van der Waals surface area contributed by atoms with Crippen molar-refractivity contribution in [2.24, 2.45) is 0 Å². The molecule has 0 N–H and O–H groups in total. The van der Waals surface area contributed by atoms with Crippen LogP contribution in [0.2, 0.25) is 10.0 Å². The highest BCUT2D eigenvalue weighted by Crippen LogP contribution is 2.38. The Morgan fingerprint density at radius 2 is 1.78 bits per heavy atom. The van der Waals surface area contributed by atoms with Crippen LogP contribution in [-0.2, 0) is 12.8 Å². The molecule has 0 radical (unpaired) electrons. The summed E-state index contributed by atoms with van der Waals surface area (Å²) in [5.74, 6) is 0.583. The average Bonchev–Trinajstić information content (AvgIpc) is 3.14. The van der Waals surface area contributed by atoms with E-state index >= 15 is 0 Å². The minimum absolute atomic E-state index is 0.484. The molecular formula is C19H11Cl2NO. The molecule has 5 rings (SSSR count). The SMILES string of the molecule is Clc1cc(Cl)c2oc(-c3ccc4c5c(cccc35)CC4)nc2c1. The predicted molar refractivity (Wildman–Crippen MR) is 94.4 cm³/mol. The van der Waals surface area contributed by atoms with Crippen molar-refractivity contribution < 1.29 is 4.42 Å². The second kappa shape index (κ2) is 4.73. The minimum atomic E-state index is 0.484. The lowest BCUT2D eigenvalue weighted by Gasteiger charge is -2.05. The number of benzene rings is 3. The van der Waals surface area contributed by atoms with Crippen molar-refractivity contribution in [1.29, 1.82) is 0 Å². The molecule has 0 fully saturated rings. The zero-order chi connectivity index (χ0) is 15.6. The van der Waals surface area contributed by atoms with E-state index in [1.807, 2.05) is 0 Å². The first-order chi connectivity index (χ1) is 11.2. The van der Waals surface area contributed by atoms with Gasteiger partial charge in [-0.3, -0.25) is 0 Å². The Balaban J connectivity index is 1.83. The van der Waals surface area contributed by atoms with E-state index in [1.165, 1.54) is 21.9 Å². The number of aryl methyl sites for hydroxylation is 2. The molecule has 1 aliphatic rings. The Labute approximate surface area is 142 Å². The summed E-state index contributed by atoms with van der Waals surface area (Å²) >= 11 is 12.3. The molecule has 4 aromatic rings. The number of hydrogen-bond acceptors (Lipinski definition) is 2. The van der Waals surface area contributed by atoms with Crippen LogP contribution in [0.4, 0.5) is 0 Å². The molecule has 0 atom stereocenters. The second-order valence-electron chi connectivity index (χ2n) is 5.87. The van der Waals surface area contributed by atoms with Crippen LogP contribution in [0.3, 0.4) is 0 Å². The second-order valence-corrected chi connectivity index (χ2v) is 6.71. The largest absolute Gasteiger partial charge is 0.434 e. The highest BCUT2D eigenvalue weighted by molar-refractivity contribution is 6.38. The molecular weight excluding hydrogens is 329 g/mol. The molecule has 0 saturated carbocycles. The Hall–Kier alpha value is -2.03. The highest BCUT2D eigenvalue weighted by Gasteiger charge is 2.19. The molecule has 0 aliphatic heterocycles. The van der Waals surface area contributed by atoms with Gasteiger partial charge >= 0.3 is 0 Å². The van der Waals surface area contributed by atoms with E-state index in [0.717, 1.165) is 18.4 Å². The summed E-state index contributed by atoms with van der Waals surface area (Å²) in [7, 11) is 0. The molecule has 0 amide bonds. The molecule has 0 bridgehead atoms. The van der Waals surface area contributed by atoms with Crippen molar-refractivity contribution in [1.82, 2.24) is 4.98 Å². The van der Waals surface area contributed by atoms with Crippen LogP contribution in [0.15, 0.2) is 46.9 Å². The Morgan fingerprint density at radius 3 is 2.65 bits per heavy atom. The summed E-state index contributed by atoms with van der Waals surface area (Å²) in [5.41, 5.74) is 5.05. The van der Waals surface area contributed by atoms with Gasteiger partial charge < -0.3 is 4.42 Å². The van der Waals surface area contributed by atoms with E-state index in [0.29, 0.717) is 27.0 Å². The normalized spacial score (nSPS) is 13.3. The maximum atomic E-state index is 6.22. The number of oxazole rings is 1. The summed E-state index contributed by atoms with van der Waals surface area (Å²) in [4.78, 5) is 4.60. The zero-order valence-corrected chi connectivity index (χ0v) is 13.6. The van der Waals surface area contributed by atoms with E-state index in [-0.39, 0.29) is 0 Å². The number of aromatic nitrogens is 1. The number of nitrogens with zero attached hydrogens (tertiary/aromatic N) is 1. The standard InChI is InChI=1S/C19H11Cl2NO/c20-12-8-15(21)18-16(9-12)22-19(23-18)14-7-6-11-5-4-10-2-1-3-13(14)17(10)11/h1-3,6-9H,4-5H2. The van der Waals surface area contributed by atoms with Crippen molar-refractivity contribution >= 4 is 45.1 Å². The molecule has 1 heterocycles. The number of hydrogen-bond donors (Lipinski definition) is 0. The van der Waals surface area contributed by atoms with Gasteiger partial charge in [-0.25, -0.2) is 4.98 Å². The van der Waals surface area contributed by atoms with E-state index in [4.69, 9.17) is 27.6 Å². The third-order valence-electron chi connectivity index (χ3n) is 4.52. The van der Waals surface area contributed by atoms with Gasteiger partial charge in [0.2, 0.25) is 5.89 Å². The Kier molecular flexibility index (Phi) is 2.76. The van der Waals surface area contributed by atoms with Crippen LogP contribution in [0.1, 0.15) is 11.1 Å². The average molecular weight is 340 g/mol. The number of halogens is 2. The smallest absolute Gasteiger partial charge is 0.228 e. The fourth-order valence-corrected chi connectivity index (χ4v) is 4.03. The predicted octanol–water partition coefficient (Wildman–Crippen LogP) is 6.05. The lowest BCUT2D eigenvalue weighted by molar-refractivity contribution is 0.620. The van der Waals surface area contributed by atoms with Gasteiger partial charge in [0.1, 0.15) is 5.52 Å². The van der Waals surface area contributed by atoms with Crippen molar-refractivity contribution in [3.05, 3.63) is 63.6 Å². The number of rotatable bonds is 1. The van der Waals surface area contributed by atoms with Gasteiger partial charge in [0.15, 0.2) is 5.58 Å². The van der Waals surface area contributed by atoms with E-state index in [9.17, 15) is 0 Å². The van der Waals surface area contributed by atoms with E-state index < -0.39 is 0 Å². The monoisotopic (exact) mass is 339 g/mol. The summed E-state index contributed by atoms with van der Waals surface area (Å²) in [6, 6.07) is 14.1. The third kappa shape index (κ3) is 1.92. The molecule has 4 heteroatoms. The van der Waals surface area contributed by atoms with Crippen LogP contribution in [0.25, 0.3) is 33.3 Å². The maximum absolute atomic E-state index is 6.22. The van der Waals surface area contributed by atoms with Gasteiger partial charge in [-0.1, -0.05) is 47.5 Å². The van der Waals surface area contributed by atoms with Gasteiger partial charge in [0.05, 0.1) is 5.02 Å². The summed E-state index contributed by atoms with van der Waals surface area (Å²) in [5, 5.41) is 3.57. The molecule has 1 aromatic heterocycles. The van der Waals surface area contributed by atoms with E-state index in [1.54, 1.807) is 12.1 Å². The van der Waals surface area contributed by atoms with Crippen LogP contribution >= 0.6 is 23.2 Å². The molecule has 0 unspecified atom stereocenters. The van der Waals surface area contributed by atoms with E-state index in [2.05, 4.69) is 35.3 Å². The molecule has 2 nitrogen and oxygen atoms in total. The summed E-state index contributed by atoms with van der Waals surface area (Å²) < 4.78 is 5.95. The van der Waals surface area contributed by atoms with Gasteiger partial charge in [-0.05, 0) is 52.9 Å². The van der Waals surface area contributed by atoms with Crippen LogP contribution < -0.4 is 0 Å². The minimum Gasteiger partial charge on any atom is -0.434 e. The first-order valence-electron chi connectivity index (χ1n) is 7.50. The Bertz CT molecular complexity index is 1090. The van der Waals surface area contributed by atoms with Crippen molar-refractivity contribution in [3.63, 3.8) is 0 Å². The summed E-state index contributed by atoms with van der Waals surface area (Å²) in [6.07, 6.45) is 2.20. The van der Waals surface area contributed by atoms with Crippen molar-refractivity contribution in [3.8, 4) is 11.5 Å². The first kappa shape index (κ1) is 13.4. The Morgan fingerprint density at radius 1 is 0.957 bits per heavy atom. The lowest BCUT2D eigenvalue weighted by Crippen LogP contribution is -1.84. The quantitative estimate of drug-likeness (QED) is 0.421. The third-order valence-corrected chi connectivity index (χ3v) is 5.02. The first-order valence-corrected chi connectivity index (χ1v) is 8.26. The number of fused-ring (bicyclic) bond motifs is 1. The summed E-state index contributed by atoms with van der Waals surface area (Å²) in [6.45, 7) is 0. The van der Waals surface area contributed by atoms with Gasteiger partial charge in [0, 0.05) is 10.6 Å². The van der Waals surface area contributed by atoms with Crippen molar-refractivity contribution in [2.45, 2.75) is 12.8 Å². The molecule has 0 spiro atoms.